The second kappa shape index (κ2) is 6.04. The lowest BCUT2D eigenvalue weighted by Crippen LogP contribution is -2.53. The van der Waals surface area contributed by atoms with Crippen molar-refractivity contribution < 1.29 is 14.6 Å². The van der Waals surface area contributed by atoms with Gasteiger partial charge in [0.05, 0.1) is 25.2 Å². The molecule has 2 unspecified atom stereocenters. The van der Waals surface area contributed by atoms with Crippen LogP contribution in [0.25, 0.3) is 0 Å². The molecule has 0 spiro atoms. The van der Waals surface area contributed by atoms with E-state index in [1.807, 2.05) is 13.0 Å². The SMILES string of the molecule is CC1COC(CN)CN1C(=O)Cc1ccccc1O. The van der Waals surface area contributed by atoms with Gasteiger partial charge in [-0.1, -0.05) is 18.2 Å². The Balaban J connectivity index is 2.04. The number of nitrogens with zero attached hydrogens (tertiary/aromatic N) is 1. The van der Waals surface area contributed by atoms with Crippen molar-refractivity contribution in [2.45, 2.75) is 25.5 Å². The molecule has 0 aromatic heterocycles. The number of hydrogen-bond acceptors (Lipinski definition) is 4. The van der Waals surface area contributed by atoms with E-state index >= 15 is 0 Å². The van der Waals surface area contributed by atoms with E-state index in [0.29, 0.717) is 25.3 Å². The summed E-state index contributed by atoms with van der Waals surface area (Å²) in [5.41, 5.74) is 6.23. The number of carbonyl (C=O) groups is 1. The van der Waals surface area contributed by atoms with Crippen molar-refractivity contribution >= 4 is 5.91 Å². The first-order valence-electron chi connectivity index (χ1n) is 6.49. The molecule has 1 aliphatic heterocycles. The molecule has 1 aromatic carbocycles. The fourth-order valence-corrected chi connectivity index (χ4v) is 2.23. The van der Waals surface area contributed by atoms with Gasteiger partial charge in [0.15, 0.2) is 0 Å². The van der Waals surface area contributed by atoms with Gasteiger partial charge in [-0.3, -0.25) is 4.79 Å². The zero-order valence-corrected chi connectivity index (χ0v) is 11.1. The van der Waals surface area contributed by atoms with Crippen LogP contribution in [0.5, 0.6) is 5.75 Å². The smallest absolute Gasteiger partial charge is 0.227 e. The molecular weight excluding hydrogens is 244 g/mol. The minimum Gasteiger partial charge on any atom is -0.508 e. The molecule has 0 aliphatic carbocycles. The van der Waals surface area contributed by atoms with Crippen LogP contribution in [0, 0.1) is 0 Å². The highest BCUT2D eigenvalue weighted by molar-refractivity contribution is 5.80. The highest BCUT2D eigenvalue weighted by atomic mass is 16.5. The van der Waals surface area contributed by atoms with Crippen LogP contribution in [0.4, 0.5) is 0 Å². The highest BCUT2D eigenvalue weighted by Crippen LogP contribution is 2.19. The maximum absolute atomic E-state index is 12.3. The number of phenols is 1. The third-order valence-corrected chi connectivity index (χ3v) is 3.42. The van der Waals surface area contributed by atoms with Crippen LogP contribution in [-0.2, 0) is 16.0 Å². The fraction of sp³-hybridized carbons (Fsp3) is 0.500. The largest absolute Gasteiger partial charge is 0.508 e. The molecule has 0 radical (unpaired) electrons. The molecular formula is C14H20N2O3. The molecule has 5 nitrogen and oxygen atoms in total. The summed E-state index contributed by atoms with van der Waals surface area (Å²) < 4.78 is 5.53. The van der Waals surface area contributed by atoms with Crippen LogP contribution in [0.2, 0.25) is 0 Å². The third-order valence-electron chi connectivity index (χ3n) is 3.42. The van der Waals surface area contributed by atoms with Crippen molar-refractivity contribution in [3.63, 3.8) is 0 Å². The van der Waals surface area contributed by atoms with Gasteiger partial charge < -0.3 is 20.5 Å². The summed E-state index contributed by atoms with van der Waals surface area (Å²) in [6.45, 7) is 3.39. The number of carbonyl (C=O) groups excluding carboxylic acids is 1. The highest BCUT2D eigenvalue weighted by Gasteiger charge is 2.29. The minimum absolute atomic E-state index is 0.00394. The second-order valence-electron chi connectivity index (χ2n) is 4.89. The summed E-state index contributed by atoms with van der Waals surface area (Å²) in [7, 11) is 0. The Kier molecular flexibility index (Phi) is 4.39. The van der Waals surface area contributed by atoms with Crippen molar-refractivity contribution in [2.75, 3.05) is 19.7 Å². The molecule has 1 fully saturated rings. The van der Waals surface area contributed by atoms with E-state index in [-0.39, 0.29) is 30.2 Å². The summed E-state index contributed by atoms with van der Waals surface area (Å²) in [6, 6.07) is 6.95. The normalized spacial score (nSPS) is 23.4. The van der Waals surface area contributed by atoms with Gasteiger partial charge >= 0.3 is 0 Å². The first kappa shape index (κ1) is 13.8. The van der Waals surface area contributed by atoms with Crippen LogP contribution in [0.3, 0.4) is 0 Å². The summed E-state index contributed by atoms with van der Waals surface area (Å²) >= 11 is 0. The zero-order valence-electron chi connectivity index (χ0n) is 11.1. The summed E-state index contributed by atoms with van der Waals surface area (Å²) in [4.78, 5) is 14.1. The van der Waals surface area contributed by atoms with Gasteiger partial charge in [-0.15, -0.1) is 0 Å². The number of aromatic hydroxyl groups is 1. The number of rotatable bonds is 3. The molecule has 0 saturated carbocycles. The lowest BCUT2D eigenvalue weighted by molar-refractivity contribution is -0.142. The van der Waals surface area contributed by atoms with Gasteiger partial charge in [-0.2, -0.15) is 0 Å². The number of phenolic OH excluding ortho intramolecular Hbond substituents is 1. The topological polar surface area (TPSA) is 75.8 Å². The summed E-state index contributed by atoms with van der Waals surface area (Å²) in [5, 5.41) is 9.71. The van der Waals surface area contributed by atoms with Crippen LogP contribution in [0.15, 0.2) is 24.3 Å². The lowest BCUT2D eigenvalue weighted by Gasteiger charge is -2.37. The molecule has 19 heavy (non-hydrogen) atoms. The van der Waals surface area contributed by atoms with Gasteiger partial charge in [0.25, 0.3) is 0 Å². The lowest BCUT2D eigenvalue weighted by atomic mass is 10.1. The van der Waals surface area contributed by atoms with Gasteiger partial charge in [0.2, 0.25) is 5.91 Å². The average molecular weight is 264 g/mol. The van der Waals surface area contributed by atoms with Gasteiger partial charge in [0.1, 0.15) is 5.75 Å². The Labute approximate surface area is 113 Å². The Morgan fingerprint density at radius 1 is 1.53 bits per heavy atom. The molecule has 104 valence electrons. The first-order valence-corrected chi connectivity index (χ1v) is 6.49. The third kappa shape index (κ3) is 3.24. The van der Waals surface area contributed by atoms with Gasteiger partial charge in [-0.05, 0) is 13.0 Å². The molecule has 1 aliphatic rings. The van der Waals surface area contributed by atoms with Crippen molar-refractivity contribution in [3.05, 3.63) is 29.8 Å². The maximum Gasteiger partial charge on any atom is 0.227 e. The van der Waals surface area contributed by atoms with Crippen molar-refractivity contribution in [1.29, 1.82) is 0 Å². The second-order valence-corrected chi connectivity index (χ2v) is 4.89. The molecule has 2 atom stereocenters. The number of nitrogens with two attached hydrogens (primary N) is 1. The molecule has 5 heteroatoms. The standard InChI is InChI=1S/C14H20N2O3/c1-10-9-19-12(7-15)8-16(10)14(18)6-11-4-2-3-5-13(11)17/h2-5,10,12,17H,6-9,15H2,1H3. The van der Waals surface area contributed by atoms with Crippen LogP contribution in [-0.4, -0.2) is 47.8 Å². The van der Waals surface area contributed by atoms with Gasteiger partial charge in [-0.25, -0.2) is 0 Å². The maximum atomic E-state index is 12.3. The molecule has 2 rings (SSSR count). The monoisotopic (exact) mass is 264 g/mol. The average Bonchev–Trinajstić information content (AvgIpc) is 2.42. The van der Waals surface area contributed by atoms with Gasteiger partial charge in [0, 0.05) is 18.7 Å². The van der Waals surface area contributed by atoms with Crippen LogP contribution >= 0.6 is 0 Å². The molecule has 1 amide bonds. The van der Waals surface area contributed by atoms with Crippen molar-refractivity contribution in [3.8, 4) is 5.75 Å². The predicted octanol–water partition coefficient (Wildman–Crippen LogP) is 0.509. The molecule has 1 heterocycles. The number of benzene rings is 1. The van der Waals surface area contributed by atoms with Crippen molar-refractivity contribution in [2.24, 2.45) is 5.73 Å². The number of morpholine rings is 1. The van der Waals surface area contributed by atoms with E-state index in [2.05, 4.69) is 0 Å². The molecule has 1 saturated heterocycles. The van der Waals surface area contributed by atoms with Crippen LogP contribution in [0.1, 0.15) is 12.5 Å². The van der Waals surface area contributed by atoms with Crippen LogP contribution < -0.4 is 5.73 Å². The Morgan fingerprint density at radius 3 is 2.95 bits per heavy atom. The van der Waals surface area contributed by atoms with Crippen molar-refractivity contribution in [1.82, 2.24) is 4.90 Å². The first-order chi connectivity index (χ1) is 9.11. The Morgan fingerprint density at radius 2 is 2.26 bits per heavy atom. The number of ether oxygens (including phenoxy) is 1. The number of hydrogen-bond donors (Lipinski definition) is 2. The molecule has 3 N–H and O–H groups in total. The van der Waals surface area contributed by atoms with E-state index < -0.39 is 0 Å². The molecule has 0 bridgehead atoms. The van der Waals surface area contributed by atoms with E-state index in [1.165, 1.54) is 0 Å². The van der Waals surface area contributed by atoms with E-state index in [9.17, 15) is 9.90 Å². The number of amides is 1. The fourth-order valence-electron chi connectivity index (χ4n) is 2.23. The zero-order chi connectivity index (χ0) is 13.8. The Hall–Kier alpha value is -1.59. The minimum atomic E-state index is -0.0930. The van der Waals surface area contributed by atoms with E-state index in [4.69, 9.17) is 10.5 Å². The van der Waals surface area contributed by atoms with E-state index in [1.54, 1.807) is 23.1 Å². The predicted molar refractivity (Wildman–Crippen MR) is 71.8 cm³/mol. The molecule has 1 aromatic rings. The summed E-state index contributed by atoms with van der Waals surface area (Å²) in [6.07, 6.45) is 0.110. The Bertz CT molecular complexity index is 450. The quantitative estimate of drug-likeness (QED) is 0.834. The van der Waals surface area contributed by atoms with E-state index in [0.717, 1.165) is 0 Å². The number of para-hydroxylation sites is 1. The summed E-state index contributed by atoms with van der Waals surface area (Å²) in [5.74, 6) is 0.155.